The van der Waals surface area contributed by atoms with E-state index in [9.17, 15) is 0 Å². The topological polar surface area (TPSA) is 58.9 Å². The Morgan fingerprint density at radius 3 is 2.73 bits per heavy atom. The highest BCUT2D eigenvalue weighted by molar-refractivity contribution is 7.98. The first-order valence-electron chi connectivity index (χ1n) is 7.90. The molecule has 0 saturated heterocycles. The van der Waals surface area contributed by atoms with Crippen molar-refractivity contribution in [2.75, 3.05) is 31.3 Å². The van der Waals surface area contributed by atoms with E-state index in [-0.39, 0.29) is 0 Å². The lowest BCUT2D eigenvalue weighted by Gasteiger charge is -2.20. The third-order valence-corrected chi connectivity index (χ3v) is 4.54. The second kappa shape index (κ2) is 8.33. The van der Waals surface area contributed by atoms with Crippen molar-refractivity contribution < 1.29 is 0 Å². The molecule has 6 nitrogen and oxygen atoms in total. The van der Waals surface area contributed by atoms with Gasteiger partial charge >= 0.3 is 0 Å². The molecule has 0 fully saturated rings. The summed E-state index contributed by atoms with van der Waals surface area (Å²) in [7, 11) is 0. The Hall–Kier alpha value is -1.34. The molecular weight excluding hydrogens is 296 g/mol. The van der Waals surface area contributed by atoms with Crippen molar-refractivity contribution in [1.82, 2.24) is 24.5 Å². The minimum absolute atomic E-state index is 0.376. The first-order chi connectivity index (χ1) is 10.7. The van der Waals surface area contributed by atoms with Gasteiger partial charge in [-0.3, -0.25) is 0 Å². The Kier molecular flexibility index (Phi) is 6.45. The fraction of sp³-hybridized carbons (Fsp3) is 0.667. The van der Waals surface area contributed by atoms with Gasteiger partial charge in [0, 0.05) is 6.04 Å². The summed E-state index contributed by atoms with van der Waals surface area (Å²) in [4.78, 5) is 15.5. The molecule has 122 valence electrons. The SMILES string of the molecule is CCN(CC)CCCC(C)Nn1cnc2c(SC)ncnc21. The number of hydrogen-bond donors (Lipinski definition) is 1. The van der Waals surface area contributed by atoms with Crippen LogP contribution in [0, 0.1) is 0 Å². The van der Waals surface area contributed by atoms with Crippen molar-refractivity contribution >= 4 is 22.9 Å². The van der Waals surface area contributed by atoms with Crippen LogP contribution in [0.5, 0.6) is 0 Å². The Bertz CT molecular complexity index is 580. The lowest BCUT2D eigenvalue weighted by atomic mass is 10.2. The van der Waals surface area contributed by atoms with Gasteiger partial charge in [0.1, 0.15) is 23.2 Å². The standard InChI is InChI=1S/C15H26N6S/c1-5-20(6-2)9-7-8-12(3)19-21-11-18-13-14(21)16-10-17-15(13)22-4/h10-12,19H,5-9H2,1-4H3. The van der Waals surface area contributed by atoms with Crippen molar-refractivity contribution in [3.05, 3.63) is 12.7 Å². The van der Waals surface area contributed by atoms with Gasteiger partial charge in [-0.2, -0.15) is 0 Å². The molecule has 0 aliphatic heterocycles. The molecule has 0 amide bonds. The summed E-state index contributed by atoms with van der Waals surface area (Å²) in [5.74, 6) is 0. The number of imidazole rings is 1. The summed E-state index contributed by atoms with van der Waals surface area (Å²) >= 11 is 1.59. The molecule has 0 aromatic carbocycles. The summed E-state index contributed by atoms with van der Waals surface area (Å²) in [5, 5.41) is 0.916. The van der Waals surface area contributed by atoms with E-state index < -0.39 is 0 Å². The maximum Gasteiger partial charge on any atom is 0.183 e. The number of nitrogens with one attached hydrogen (secondary N) is 1. The van der Waals surface area contributed by atoms with Crippen LogP contribution in [0.1, 0.15) is 33.6 Å². The summed E-state index contributed by atoms with van der Waals surface area (Å²) < 4.78 is 1.92. The van der Waals surface area contributed by atoms with Gasteiger partial charge < -0.3 is 10.3 Å². The summed E-state index contributed by atoms with van der Waals surface area (Å²) in [6.07, 6.45) is 7.70. The molecule has 0 aliphatic rings. The van der Waals surface area contributed by atoms with Crippen LogP contribution in [0.25, 0.3) is 11.2 Å². The predicted octanol–water partition coefficient (Wildman–Crippen LogP) is 2.60. The van der Waals surface area contributed by atoms with Crippen molar-refractivity contribution in [3.63, 3.8) is 0 Å². The van der Waals surface area contributed by atoms with Crippen LogP contribution in [0.2, 0.25) is 0 Å². The predicted molar refractivity (Wildman–Crippen MR) is 92.9 cm³/mol. The second-order valence-electron chi connectivity index (χ2n) is 5.37. The van der Waals surface area contributed by atoms with E-state index in [1.807, 2.05) is 10.9 Å². The number of nitrogens with zero attached hydrogens (tertiary/aromatic N) is 5. The van der Waals surface area contributed by atoms with E-state index in [0.717, 1.165) is 42.2 Å². The first kappa shape index (κ1) is 17.0. The van der Waals surface area contributed by atoms with Gasteiger partial charge in [0.25, 0.3) is 0 Å². The summed E-state index contributed by atoms with van der Waals surface area (Å²) in [5.41, 5.74) is 5.16. The molecule has 0 saturated carbocycles. The zero-order chi connectivity index (χ0) is 15.9. The number of thioether (sulfide) groups is 1. The van der Waals surface area contributed by atoms with Gasteiger partial charge in [0.05, 0.1) is 0 Å². The van der Waals surface area contributed by atoms with Crippen LogP contribution in [0.3, 0.4) is 0 Å². The van der Waals surface area contributed by atoms with Crippen LogP contribution in [-0.4, -0.2) is 56.5 Å². The van der Waals surface area contributed by atoms with E-state index in [0.29, 0.717) is 6.04 Å². The highest BCUT2D eigenvalue weighted by Crippen LogP contribution is 2.20. The molecule has 0 aliphatic carbocycles. The highest BCUT2D eigenvalue weighted by Gasteiger charge is 2.11. The number of rotatable bonds is 9. The van der Waals surface area contributed by atoms with Crippen molar-refractivity contribution in [1.29, 1.82) is 0 Å². The molecule has 22 heavy (non-hydrogen) atoms. The van der Waals surface area contributed by atoms with Gasteiger partial charge in [-0.25, -0.2) is 19.6 Å². The molecule has 0 radical (unpaired) electrons. The van der Waals surface area contributed by atoms with Gasteiger partial charge in [-0.1, -0.05) is 13.8 Å². The Morgan fingerprint density at radius 2 is 2.05 bits per heavy atom. The maximum absolute atomic E-state index is 4.42. The fourth-order valence-electron chi connectivity index (χ4n) is 2.52. The van der Waals surface area contributed by atoms with E-state index in [4.69, 9.17) is 0 Å². The Morgan fingerprint density at radius 1 is 1.27 bits per heavy atom. The zero-order valence-electron chi connectivity index (χ0n) is 13.9. The minimum Gasteiger partial charge on any atom is -0.320 e. The lowest BCUT2D eigenvalue weighted by molar-refractivity contribution is 0.294. The number of fused-ring (bicyclic) bond motifs is 1. The third kappa shape index (κ3) is 4.10. The smallest absolute Gasteiger partial charge is 0.183 e. The molecule has 1 atom stereocenters. The second-order valence-corrected chi connectivity index (χ2v) is 6.16. The van der Waals surface area contributed by atoms with Crippen LogP contribution in [-0.2, 0) is 0 Å². The largest absolute Gasteiger partial charge is 0.320 e. The average molecular weight is 322 g/mol. The molecule has 2 aromatic rings. The van der Waals surface area contributed by atoms with Crippen molar-refractivity contribution in [2.45, 2.75) is 44.7 Å². The van der Waals surface area contributed by atoms with E-state index in [1.165, 1.54) is 6.42 Å². The molecule has 2 aromatic heterocycles. The highest BCUT2D eigenvalue weighted by atomic mass is 32.2. The van der Waals surface area contributed by atoms with Crippen LogP contribution < -0.4 is 5.43 Å². The zero-order valence-corrected chi connectivity index (χ0v) is 14.7. The van der Waals surface area contributed by atoms with Crippen molar-refractivity contribution in [3.8, 4) is 0 Å². The van der Waals surface area contributed by atoms with Gasteiger partial charge in [0.2, 0.25) is 0 Å². The summed E-state index contributed by atoms with van der Waals surface area (Å²) in [6.45, 7) is 10.0. The van der Waals surface area contributed by atoms with Gasteiger partial charge in [0.15, 0.2) is 5.65 Å². The molecule has 7 heteroatoms. The van der Waals surface area contributed by atoms with Crippen molar-refractivity contribution in [2.24, 2.45) is 0 Å². The molecule has 0 spiro atoms. The van der Waals surface area contributed by atoms with Crippen LogP contribution >= 0.6 is 11.8 Å². The van der Waals surface area contributed by atoms with Crippen LogP contribution in [0.15, 0.2) is 17.7 Å². The normalized spacial score (nSPS) is 13.0. The van der Waals surface area contributed by atoms with Gasteiger partial charge in [-0.05, 0) is 45.7 Å². The maximum atomic E-state index is 4.42. The average Bonchev–Trinajstić information content (AvgIpc) is 2.94. The molecule has 2 heterocycles. The molecule has 1 unspecified atom stereocenters. The molecule has 0 bridgehead atoms. The quantitative estimate of drug-likeness (QED) is 0.566. The third-order valence-electron chi connectivity index (χ3n) is 3.86. The van der Waals surface area contributed by atoms with E-state index in [2.05, 4.69) is 46.0 Å². The molecular formula is C15H26N6S. The molecule has 2 rings (SSSR count). The lowest BCUT2D eigenvalue weighted by Crippen LogP contribution is -2.28. The fourth-order valence-corrected chi connectivity index (χ4v) is 3.01. The summed E-state index contributed by atoms with van der Waals surface area (Å²) in [6, 6.07) is 0.376. The van der Waals surface area contributed by atoms with E-state index in [1.54, 1.807) is 24.4 Å². The Labute approximate surface area is 136 Å². The number of aromatic nitrogens is 4. The van der Waals surface area contributed by atoms with Gasteiger partial charge in [-0.15, -0.1) is 11.8 Å². The Balaban J connectivity index is 1.93. The first-order valence-corrected chi connectivity index (χ1v) is 9.13. The van der Waals surface area contributed by atoms with Crippen LogP contribution in [0.4, 0.5) is 0 Å². The number of hydrogen-bond acceptors (Lipinski definition) is 6. The monoisotopic (exact) mass is 322 g/mol. The minimum atomic E-state index is 0.376. The van der Waals surface area contributed by atoms with E-state index >= 15 is 0 Å². The molecule has 1 N–H and O–H groups in total.